The summed E-state index contributed by atoms with van der Waals surface area (Å²) >= 11 is 3.29. The van der Waals surface area contributed by atoms with Crippen LogP contribution >= 0.6 is 15.9 Å². The van der Waals surface area contributed by atoms with Gasteiger partial charge in [-0.2, -0.15) is 5.10 Å². The van der Waals surface area contributed by atoms with E-state index in [9.17, 15) is 0 Å². The SMILES string of the molecule is C=NN(C=NC)C(=N/C(Br)=C\C)C(=C)C. The predicted molar refractivity (Wildman–Crippen MR) is 70.7 cm³/mol. The molecule has 0 rings (SSSR count). The lowest BCUT2D eigenvalue weighted by atomic mass is 10.3. The molecule has 0 amide bonds. The molecule has 0 fully saturated rings. The summed E-state index contributed by atoms with van der Waals surface area (Å²) in [6.07, 6.45) is 3.35. The third kappa shape index (κ3) is 4.69. The quantitative estimate of drug-likeness (QED) is 0.335. The van der Waals surface area contributed by atoms with Crippen molar-refractivity contribution in [2.75, 3.05) is 7.05 Å². The van der Waals surface area contributed by atoms with Crippen molar-refractivity contribution in [2.24, 2.45) is 15.1 Å². The second kappa shape index (κ2) is 7.11. The van der Waals surface area contributed by atoms with E-state index in [0.29, 0.717) is 10.4 Å². The molecular formula is C10H15BrN4. The Morgan fingerprint density at radius 3 is 2.40 bits per heavy atom. The van der Waals surface area contributed by atoms with E-state index in [0.717, 1.165) is 5.57 Å². The molecule has 0 aliphatic carbocycles. The summed E-state index contributed by atoms with van der Waals surface area (Å²) in [5, 5.41) is 5.25. The summed E-state index contributed by atoms with van der Waals surface area (Å²) in [4.78, 5) is 8.13. The Balaban J connectivity index is 5.20. The van der Waals surface area contributed by atoms with E-state index in [4.69, 9.17) is 0 Å². The topological polar surface area (TPSA) is 40.3 Å². The third-order valence-corrected chi connectivity index (χ3v) is 2.06. The highest BCUT2D eigenvalue weighted by Gasteiger charge is 2.08. The molecule has 0 heterocycles. The van der Waals surface area contributed by atoms with Crippen LogP contribution in [0.15, 0.2) is 37.9 Å². The molecule has 0 atom stereocenters. The maximum absolute atomic E-state index is 4.28. The minimum absolute atomic E-state index is 0.598. The fourth-order valence-electron chi connectivity index (χ4n) is 0.775. The standard InChI is InChI=1S/C10H15BrN4/c1-6-9(11)14-10(8(2)3)15(13-5)7-12-4/h6-7H,2,5H2,1,3-4H3/b9-6-,12-7?,14-10?. The third-order valence-electron chi connectivity index (χ3n) is 1.43. The number of amidine groups is 1. The number of rotatable bonds is 4. The van der Waals surface area contributed by atoms with Crippen molar-refractivity contribution >= 4 is 34.8 Å². The first-order valence-corrected chi connectivity index (χ1v) is 5.10. The van der Waals surface area contributed by atoms with E-state index in [2.05, 4.69) is 44.3 Å². The molecule has 0 aliphatic rings. The Kier molecular flexibility index (Phi) is 6.53. The smallest absolute Gasteiger partial charge is 0.158 e. The van der Waals surface area contributed by atoms with Gasteiger partial charge in [-0.05, 0) is 35.4 Å². The van der Waals surface area contributed by atoms with Crippen molar-refractivity contribution < 1.29 is 0 Å². The van der Waals surface area contributed by atoms with Gasteiger partial charge in [0, 0.05) is 13.8 Å². The van der Waals surface area contributed by atoms with Gasteiger partial charge in [0.15, 0.2) is 5.84 Å². The van der Waals surface area contributed by atoms with Crippen molar-refractivity contribution in [3.63, 3.8) is 0 Å². The molecule has 15 heavy (non-hydrogen) atoms. The van der Waals surface area contributed by atoms with E-state index in [1.54, 1.807) is 7.05 Å². The predicted octanol–water partition coefficient (Wildman–Crippen LogP) is 2.79. The lowest BCUT2D eigenvalue weighted by Gasteiger charge is -2.14. The molecule has 4 nitrogen and oxygen atoms in total. The summed E-state index contributed by atoms with van der Waals surface area (Å²) in [7, 11) is 1.65. The second-order valence-electron chi connectivity index (χ2n) is 2.69. The van der Waals surface area contributed by atoms with Gasteiger partial charge in [0.2, 0.25) is 0 Å². The first kappa shape index (κ1) is 13.8. The van der Waals surface area contributed by atoms with Crippen LogP contribution in [0, 0.1) is 0 Å². The fourth-order valence-corrected chi connectivity index (χ4v) is 0.943. The average molecular weight is 271 g/mol. The Hall–Kier alpha value is -1.23. The van der Waals surface area contributed by atoms with Crippen LogP contribution in [0.2, 0.25) is 0 Å². The highest BCUT2D eigenvalue weighted by atomic mass is 79.9. The summed E-state index contributed by atoms with van der Waals surface area (Å²) in [6, 6.07) is 0. The van der Waals surface area contributed by atoms with Gasteiger partial charge in [-0.1, -0.05) is 12.7 Å². The van der Waals surface area contributed by atoms with Gasteiger partial charge in [-0.15, -0.1) is 0 Å². The summed E-state index contributed by atoms with van der Waals surface area (Å²) < 4.78 is 0.707. The number of nitrogens with zero attached hydrogens (tertiary/aromatic N) is 4. The zero-order valence-corrected chi connectivity index (χ0v) is 10.8. The minimum Gasteiger partial charge on any atom is -0.277 e. The molecule has 0 radical (unpaired) electrons. The van der Waals surface area contributed by atoms with Gasteiger partial charge in [0.05, 0.1) is 0 Å². The maximum Gasteiger partial charge on any atom is 0.158 e. The van der Waals surface area contributed by atoms with Crippen LogP contribution in [0.3, 0.4) is 0 Å². The van der Waals surface area contributed by atoms with E-state index in [1.807, 2.05) is 19.9 Å². The number of aliphatic imine (C=N–C) groups is 2. The van der Waals surface area contributed by atoms with E-state index in [1.165, 1.54) is 11.3 Å². The van der Waals surface area contributed by atoms with Crippen molar-refractivity contribution in [3.05, 3.63) is 22.8 Å². The van der Waals surface area contributed by atoms with Crippen LogP contribution in [0.1, 0.15) is 13.8 Å². The number of hydrazone groups is 1. The number of hydrogen-bond donors (Lipinski definition) is 0. The largest absolute Gasteiger partial charge is 0.277 e. The van der Waals surface area contributed by atoms with Crippen LogP contribution in [-0.4, -0.2) is 30.9 Å². The van der Waals surface area contributed by atoms with Crippen LogP contribution in [0.25, 0.3) is 0 Å². The zero-order valence-electron chi connectivity index (χ0n) is 9.24. The lowest BCUT2D eigenvalue weighted by Crippen LogP contribution is -2.24. The van der Waals surface area contributed by atoms with E-state index in [-0.39, 0.29) is 0 Å². The van der Waals surface area contributed by atoms with Gasteiger partial charge in [-0.25, -0.2) is 10.0 Å². The Morgan fingerprint density at radius 1 is 1.47 bits per heavy atom. The lowest BCUT2D eigenvalue weighted by molar-refractivity contribution is 0.684. The van der Waals surface area contributed by atoms with Gasteiger partial charge in [0.1, 0.15) is 10.9 Å². The molecular weight excluding hydrogens is 256 g/mol. The van der Waals surface area contributed by atoms with Crippen LogP contribution in [-0.2, 0) is 0 Å². The highest BCUT2D eigenvalue weighted by molar-refractivity contribution is 9.11. The van der Waals surface area contributed by atoms with Gasteiger partial charge in [-0.3, -0.25) is 4.99 Å². The monoisotopic (exact) mass is 270 g/mol. The molecule has 0 saturated carbocycles. The minimum atomic E-state index is 0.598. The molecule has 0 N–H and O–H groups in total. The van der Waals surface area contributed by atoms with Crippen molar-refractivity contribution in [1.82, 2.24) is 5.01 Å². The number of allylic oxidation sites excluding steroid dienone is 1. The molecule has 0 unspecified atom stereocenters. The molecule has 0 aromatic heterocycles. The number of halogens is 1. The zero-order chi connectivity index (χ0) is 11.8. The summed E-state index contributed by atoms with van der Waals surface area (Å²) in [6.45, 7) is 11.0. The van der Waals surface area contributed by atoms with Crippen LogP contribution in [0.5, 0.6) is 0 Å². The molecule has 5 heteroatoms. The first-order chi connectivity index (χ1) is 7.06. The Morgan fingerprint density at radius 2 is 2.07 bits per heavy atom. The molecule has 0 saturated heterocycles. The molecule has 0 aromatic rings. The highest BCUT2D eigenvalue weighted by Crippen LogP contribution is 2.10. The van der Waals surface area contributed by atoms with Gasteiger partial charge in [0.25, 0.3) is 0 Å². The summed E-state index contributed by atoms with van der Waals surface area (Å²) in [5.41, 5.74) is 0.779. The Labute approximate surface area is 98.9 Å². The Bertz CT molecular complexity index is 328. The fraction of sp³-hybridized carbons (Fsp3) is 0.300. The molecule has 82 valence electrons. The van der Waals surface area contributed by atoms with Crippen LogP contribution < -0.4 is 0 Å². The molecule has 0 bridgehead atoms. The molecule has 0 spiro atoms. The van der Waals surface area contributed by atoms with Crippen molar-refractivity contribution in [1.29, 1.82) is 0 Å². The maximum atomic E-state index is 4.28. The second-order valence-corrected chi connectivity index (χ2v) is 3.50. The average Bonchev–Trinajstić information content (AvgIpc) is 2.22. The first-order valence-electron chi connectivity index (χ1n) is 4.31. The van der Waals surface area contributed by atoms with Crippen molar-refractivity contribution in [3.8, 4) is 0 Å². The van der Waals surface area contributed by atoms with Gasteiger partial charge >= 0.3 is 0 Å². The van der Waals surface area contributed by atoms with E-state index < -0.39 is 0 Å². The normalized spacial score (nSPS) is 13.1. The number of hydrogen-bond acceptors (Lipinski definition) is 3. The van der Waals surface area contributed by atoms with Crippen LogP contribution in [0.4, 0.5) is 0 Å². The molecule has 0 aliphatic heterocycles. The molecule has 0 aromatic carbocycles. The van der Waals surface area contributed by atoms with E-state index >= 15 is 0 Å². The van der Waals surface area contributed by atoms with Crippen molar-refractivity contribution in [2.45, 2.75) is 13.8 Å². The summed E-state index contributed by atoms with van der Waals surface area (Å²) in [5.74, 6) is 0.598. The van der Waals surface area contributed by atoms with Gasteiger partial charge < -0.3 is 0 Å².